The summed E-state index contributed by atoms with van der Waals surface area (Å²) in [4.78, 5) is 29.6. The SMILES string of the molecule is COCC1(C(=O)O)CCCN1C(=O)c1cnccc1C. The second kappa shape index (κ2) is 5.58. The highest BCUT2D eigenvalue weighted by Crippen LogP contribution is 2.32. The van der Waals surface area contributed by atoms with Gasteiger partial charge in [-0.15, -0.1) is 0 Å². The number of likely N-dealkylation sites (tertiary alicyclic amines) is 1. The molecule has 2 heterocycles. The van der Waals surface area contributed by atoms with Gasteiger partial charge in [-0.05, 0) is 31.4 Å². The summed E-state index contributed by atoms with van der Waals surface area (Å²) >= 11 is 0. The number of nitrogens with zero attached hydrogens (tertiary/aromatic N) is 2. The summed E-state index contributed by atoms with van der Waals surface area (Å²) in [6.45, 7) is 2.22. The van der Waals surface area contributed by atoms with Crippen molar-refractivity contribution in [2.75, 3.05) is 20.3 Å². The standard InChI is InChI=1S/C14H18N2O4/c1-10-4-6-15-8-11(10)12(17)16-7-3-5-14(16,9-20-2)13(18)19/h4,6,8H,3,5,7,9H2,1-2H3,(H,18,19). The molecule has 6 heteroatoms. The highest BCUT2D eigenvalue weighted by atomic mass is 16.5. The number of carbonyl (C=O) groups is 2. The van der Waals surface area contributed by atoms with E-state index < -0.39 is 11.5 Å². The molecule has 1 aliphatic heterocycles. The van der Waals surface area contributed by atoms with Crippen LogP contribution in [-0.2, 0) is 9.53 Å². The van der Waals surface area contributed by atoms with Crippen LogP contribution in [0.3, 0.4) is 0 Å². The van der Waals surface area contributed by atoms with E-state index in [0.717, 1.165) is 5.56 Å². The average Bonchev–Trinajstić information content (AvgIpc) is 2.84. The number of carboxylic acid groups (broad SMARTS) is 1. The van der Waals surface area contributed by atoms with Crippen LogP contribution >= 0.6 is 0 Å². The maximum atomic E-state index is 12.6. The van der Waals surface area contributed by atoms with Gasteiger partial charge in [0.2, 0.25) is 0 Å². The zero-order valence-corrected chi connectivity index (χ0v) is 11.6. The first-order valence-electron chi connectivity index (χ1n) is 6.48. The topological polar surface area (TPSA) is 79.7 Å². The van der Waals surface area contributed by atoms with E-state index in [4.69, 9.17) is 4.74 Å². The Labute approximate surface area is 117 Å². The quantitative estimate of drug-likeness (QED) is 0.892. The first-order chi connectivity index (χ1) is 9.53. The first kappa shape index (κ1) is 14.5. The van der Waals surface area contributed by atoms with E-state index in [2.05, 4.69) is 4.98 Å². The van der Waals surface area contributed by atoms with Gasteiger partial charge in [-0.25, -0.2) is 4.79 Å². The number of carbonyl (C=O) groups excluding carboxylic acids is 1. The van der Waals surface area contributed by atoms with Crippen LogP contribution < -0.4 is 0 Å². The monoisotopic (exact) mass is 278 g/mol. The van der Waals surface area contributed by atoms with Gasteiger partial charge >= 0.3 is 5.97 Å². The van der Waals surface area contributed by atoms with Crippen molar-refractivity contribution in [3.8, 4) is 0 Å². The molecule has 1 aliphatic rings. The Morgan fingerprint density at radius 2 is 2.30 bits per heavy atom. The number of pyridine rings is 1. The number of methoxy groups -OCH3 is 1. The summed E-state index contributed by atoms with van der Waals surface area (Å²) in [7, 11) is 1.45. The van der Waals surface area contributed by atoms with Crippen LogP contribution in [0.4, 0.5) is 0 Å². The van der Waals surface area contributed by atoms with Crippen molar-refractivity contribution in [3.63, 3.8) is 0 Å². The lowest BCUT2D eigenvalue weighted by Crippen LogP contribution is -2.56. The smallest absolute Gasteiger partial charge is 0.332 e. The van der Waals surface area contributed by atoms with Gasteiger partial charge < -0.3 is 14.7 Å². The van der Waals surface area contributed by atoms with Crippen molar-refractivity contribution in [2.24, 2.45) is 0 Å². The summed E-state index contributed by atoms with van der Waals surface area (Å²) in [5, 5.41) is 9.54. The molecular weight excluding hydrogens is 260 g/mol. The third kappa shape index (κ3) is 2.27. The second-order valence-corrected chi connectivity index (χ2v) is 5.02. The third-order valence-electron chi connectivity index (χ3n) is 3.78. The molecule has 2 rings (SSSR count). The molecule has 0 radical (unpaired) electrons. The van der Waals surface area contributed by atoms with Gasteiger partial charge in [0.25, 0.3) is 5.91 Å². The van der Waals surface area contributed by atoms with Crippen molar-refractivity contribution in [3.05, 3.63) is 29.6 Å². The number of hydrogen-bond donors (Lipinski definition) is 1. The molecule has 0 saturated carbocycles. The highest BCUT2D eigenvalue weighted by Gasteiger charge is 2.50. The molecule has 1 N–H and O–H groups in total. The van der Waals surface area contributed by atoms with Crippen LogP contribution in [0.2, 0.25) is 0 Å². The molecule has 0 bridgehead atoms. The lowest BCUT2D eigenvalue weighted by atomic mass is 9.96. The number of aromatic nitrogens is 1. The van der Waals surface area contributed by atoms with Crippen LogP contribution in [0.15, 0.2) is 18.5 Å². The van der Waals surface area contributed by atoms with Crippen LogP contribution in [0.1, 0.15) is 28.8 Å². The molecule has 0 aromatic carbocycles. The Kier molecular flexibility index (Phi) is 4.04. The van der Waals surface area contributed by atoms with Crippen LogP contribution in [0, 0.1) is 6.92 Å². The normalized spacial score (nSPS) is 22.0. The Morgan fingerprint density at radius 1 is 1.55 bits per heavy atom. The number of hydrogen-bond acceptors (Lipinski definition) is 4. The molecule has 1 aromatic rings. The summed E-state index contributed by atoms with van der Waals surface area (Å²) in [5.41, 5.74) is -0.0431. The molecule has 1 atom stereocenters. The van der Waals surface area contributed by atoms with Gasteiger partial charge in [0.15, 0.2) is 5.54 Å². The second-order valence-electron chi connectivity index (χ2n) is 5.02. The maximum absolute atomic E-state index is 12.6. The van der Waals surface area contributed by atoms with E-state index in [-0.39, 0.29) is 12.5 Å². The molecule has 0 spiro atoms. The molecule has 1 amide bonds. The van der Waals surface area contributed by atoms with Crippen molar-refractivity contribution in [1.29, 1.82) is 0 Å². The van der Waals surface area contributed by atoms with Crippen LogP contribution in [0.25, 0.3) is 0 Å². The molecule has 1 aromatic heterocycles. The number of ether oxygens (including phenoxy) is 1. The average molecular weight is 278 g/mol. The van der Waals surface area contributed by atoms with Crippen molar-refractivity contribution in [2.45, 2.75) is 25.3 Å². The predicted molar refractivity (Wildman–Crippen MR) is 71.5 cm³/mol. The summed E-state index contributed by atoms with van der Waals surface area (Å²) < 4.78 is 5.05. The lowest BCUT2D eigenvalue weighted by Gasteiger charge is -2.34. The molecule has 108 valence electrons. The van der Waals surface area contributed by atoms with Crippen molar-refractivity contribution in [1.82, 2.24) is 9.88 Å². The molecule has 1 saturated heterocycles. The Hall–Kier alpha value is -1.95. The molecular formula is C14H18N2O4. The summed E-state index contributed by atoms with van der Waals surface area (Å²) in [6, 6.07) is 1.74. The van der Waals surface area contributed by atoms with E-state index in [1.807, 2.05) is 6.92 Å². The maximum Gasteiger partial charge on any atom is 0.332 e. The Bertz CT molecular complexity index is 532. The third-order valence-corrected chi connectivity index (χ3v) is 3.78. The molecule has 0 aliphatic carbocycles. The summed E-state index contributed by atoms with van der Waals surface area (Å²) in [6.07, 6.45) is 4.15. The fourth-order valence-electron chi connectivity index (χ4n) is 2.68. The Morgan fingerprint density at radius 3 is 2.90 bits per heavy atom. The minimum atomic E-state index is -1.27. The van der Waals surface area contributed by atoms with Crippen molar-refractivity contribution >= 4 is 11.9 Å². The van der Waals surface area contributed by atoms with E-state index in [1.54, 1.807) is 12.3 Å². The van der Waals surface area contributed by atoms with E-state index in [1.165, 1.54) is 18.2 Å². The van der Waals surface area contributed by atoms with Crippen molar-refractivity contribution < 1.29 is 19.4 Å². The van der Waals surface area contributed by atoms with Gasteiger partial charge in [0.05, 0.1) is 12.2 Å². The molecule has 1 fully saturated rings. The largest absolute Gasteiger partial charge is 0.479 e. The number of carboxylic acids is 1. The fraction of sp³-hybridized carbons (Fsp3) is 0.500. The zero-order chi connectivity index (χ0) is 14.8. The molecule has 1 unspecified atom stereocenters. The van der Waals surface area contributed by atoms with Crippen LogP contribution in [-0.4, -0.2) is 52.7 Å². The summed E-state index contributed by atoms with van der Waals surface area (Å²) in [5.74, 6) is -1.32. The van der Waals surface area contributed by atoms with Gasteiger partial charge in [-0.3, -0.25) is 9.78 Å². The minimum Gasteiger partial charge on any atom is -0.479 e. The molecule has 6 nitrogen and oxygen atoms in total. The predicted octanol–water partition coefficient (Wildman–Crippen LogP) is 1.10. The number of rotatable bonds is 4. The number of aliphatic carboxylic acids is 1. The Balaban J connectivity index is 2.38. The minimum absolute atomic E-state index is 0.00656. The van der Waals surface area contributed by atoms with E-state index in [9.17, 15) is 14.7 Å². The molecule has 20 heavy (non-hydrogen) atoms. The van der Waals surface area contributed by atoms with Gasteiger partial charge in [-0.1, -0.05) is 0 Å². The number of aryl methyl sites for hydroxylation is 1. The van der Waals surface area contributed by atoms with Gasteiger partial charge in [0, 0.05) is 26.0 Å². The van der Waals surface area contributed by atoms with Crippen LogP contribution in [0.5, 0.6) is 0 Å². The lowest BCUT2D eigenvalue weighted by molar-refractivity contribution is -0.151. The first-order valence-corrected chi connectivity index (χ1v) is 6.48. The number of amides is 1. The van der Waals surface area contributed by atoms with E-state index in [0.29, 0.717) is 24.9 Å². The van der Waals surface area contributed by atoms with E-state index >= 15 is 0 Å². The van der Waals surface area contributed by atoms with Gasteiger partial charge in [-0.2, -0.15) is 0 Å². The van der Waals surface area contributed by atoms with Gasteiger partial charge in [0.1, 0.15) is 0 Å². The fourth-order valence-corrected chi connectivity index (χ4v) is 2.68. The highest BCUT2D eigenvalue weighted by molar-refractivity contribution is 5.99. The zero-order valence-electron chi connectivity index (χ0n) is 11.6.